The first-order valence-corrected chi connectivity index (χ1v) is 6.08. The first kappa shape index (κ1) is 12.9. The normalized spacial score (nSPS) is 22.6. The number of hydrogen-bond donors (Lipinski definition) is 2. The molecule has 2 rings (SSSR count). The van der Waals surface area contributed by atoms with Gasteiger partial charge < -0.3 is 20.5 Å². The molecule has 1 fully saturated rings. The van der Waals surface area contributed by atoms with Crippen LogP contribution in [0.2, 0.25) is 0 Å². The molecule has 0 bridgehead atoms. The molecule has 1 aromatic rings. The summed E-state index contributed by atoms with van der Waals surface area (Å²) in [6, 6.07) is 9.84. The summed E-state index contributed by atoms with van der Waals surface area (Å²) in [7, 11) is 0. The largest absolute Gasteiger partial charge is 0.442 e. The smallest absolute Gasteiger partial charge is 0.407 e. The molecule has 98 valence electrons. The third-order valence-corrected chi connectivity index (χ3v) is 2.88. The van der Waals surface area contributed by atoms with E-state index in [-0.39, 0.29) is 18.2 Å². The lowest BCUT2D eigenvalue weighted by molar-refractivity contribution is 0.0267. The van der Waals surface area contributed by atoms with Crippen molar-refractivity contribution in [2.45, 2.75) is 25.2 Å². The molecule has 0 aliphatic carbocycles. The summed E-state index contributed by atoms with van der Waals surface area (Å²) in [5.74, 6) is 0. The van der Waals surface area contributed by atoms with Crippen molar-refractivity contribution in [2.75, 3.05) is 13.2 Å². The van der Waals surface area contributed by atoms with Gasteiger partial charge in [0.2, 0.25) is 0 Å². The zero-order valence-electron chi connectivity index (χ0n) is 10.2. The lowest BCUT2D eigenvalue weighted by atomic mass is 10.1. The molecular weight excluding hydrogens is 232 g/mol. The van der Waals surface area contributed by atoms with Crippen LogP contribution in [0.15, 0.2) is 30.3 Å². The fourth-order valence-electron chi connectivity index (χ4n) is 1.95. The second-order valence-corrected chi connectivity index (χ2v) is 4.27. The molecule has 5 heteroatoms. The predicted octanol–water partition coefficient (Wildman–Crippen LogP) is 1.03. The molecular formula is C13H18N2O3. The van der Waals surface area contributed by atoms with Crippen LogP contribution in [0.1, 0.15) is 12.0 Å². The van der Waals surface area contributed by atoms with Crippen LogP contribution in [0, 0.1) is 0 Å². The Morgan fingerprint density at radius 2 is 2.11 bits per heavy atom. The van der Waals surface area contributed by atoms with Crippen molar-refractivity contribution in [3.63, 3.8) is 0 Å². The Hall–Kier alpha value is -1.59. The minimum absolute atomic E-state index is 0.0433. The van der Waals surface area contributed by atoms with E-state index in [1.54, 1.807) is 0 Å². The lowest BCUT2D eigenvalue weighted by Gasteiger charge is -2.16. The van der Waals surface area contributed by atoms with Crippen molar-refractivity contribution >= 4 is 6.09 Å². The van der Waals surface area contributed by atoms with Gasteiger partial charge in [0.05, 0.1) is 19.3 Å². The van der Waals surface area contributed by atoms with Gasteiger partial charge in [-0.15, -0.1) is 0 Å². The van der Waals surface area contributed by atoms with Crippen LogP contribution in [0.4, 0.5) is 4.79 Å². The highest BCUT2D eigenvalue weighted by molar-refractivity contribution is 5.70. The summed E-state index contributed by atoms with van der Waals surface area (Å²) in [6.07, 6.45) is 0.0667. The van der Waals surface area contributed by atoms with Crippen LogP contribution in [-0.2, 0) is 16.1 Å². The second kappa shape index (κ2) is 6.37. The molecule has 5 nitrogen and oxygen atoms in total. The number of carbonyl (C=O) groups is 1. The number of benzene rings is 1. The van der Waals surface area contributed by atoms with E-state index < -0.39 is 0 Å². The van der Waals surface area contributed by atoms with E-state index in [1.165, 1.54) is 0 Å². The molecule has 2 atom stereocenters. The summed E-state index contributed by atoms with van der Waals surface area (Å²) in [4.78, 5) is 11.1. The number of cyclic esters (lactones) is 1. The minimum atomic E-state index is -0.387. The van der Waals surface area contributed by atoms with E-state index >= 15 is 0 Å². The molecule has 1 saturated heterocycles. The van der Waals surface area contributed by atoms with Crippen molar-refractivity contribution in [3.8, 4) is 0 Å². The topological polar surface area (TPSA) is 73.6 Å². The Morgan fingerprint density at radius 3 is 2.83 bits per heavy atom. The Kier molecular flexibility index (Phi) is 4.55. The van der Waals surface area contributed by atoms with Gasteiger partial charge in [0.15, 0.2) is 0 Å². The van der Waals surface area contributed by atoms with Crippen molar-refractivity contribution in [1.82, 2.24) is 5.32 Å². The van der Waals surface area contributed by atoms with Crippen molar-refractivity contribution in [2.24, 2.45) is 5.73 Å². The molecule has 2 unspecified atom stereocenters. The highest BCUT2D eigenvalue weighted by atomic mass is 16.6. The molecule has 1 aromatic carbocycles. The Bertz CT molecular complexity index is 383. The molecule has 0 saturated carbocycles. The Balaban J connectivity index is 1.77. The third kappa shape index (κ3) is 3.45. The number of rotatable bonds is 6. The zero-order chi connectivity index (χ0) is 12.8. The zero-order valence-corrected chi connectivity index (χ0v) is 10.2. The molecule has 1 heterocycles. The first-order valence-electron chi connectivity index (χ1n) is 6.08. The standard InChI is InChI=1S/C13H18N2O3/c14-7-6-11-12(18-13(16)15-11)9-17-8-10-4-2-1-3-5-10/h1-5,11-12H,6-9,14H2,(H,15,16). The van der Waals surface area contributed by atoms with Gasteiger partial charge in [0, 0.05) is 0 Å². The number of amides is 1. The van der Waals surface area contributed by atoms with Crippen molar-refractivity contribution in [3.05, 3.63) is 35.9 Å². The van der Waals surface area contributed by atoms with Gasteiger partial charge in [-0.05, 0) is 18.5 Å². The number of carbonyl (C=O) groups excluding carboxylic acids is 1. The summed E-state index contributed by atoms with van der Waals surface area (Å²) < 4.78 is 10.7. The van der Waals surface area contributed by atoms with E-state index in [0.717, 1.165) is 5.56 Å². The SMILES string of the molecule is NCCC1NC(=O)OC1COCc1ccccc1. The highest BCUT2D eigenvalue weighted by Gasteiger charge is 2.33. The quantitative estimate of drug-likeness (QED) is 0.791. The van der Waals surface area contributed by atoms with E-state index in [0.29, 0.717) is 26.2 Å². The van der Waals surface area contributed by atoms with Crippen LogP contribution >= 0.6 is 0 Å². The van der Waals surface area contributed by atoms with Crippen molar-refractivity contribution in [1.29, 1.82) is 0 Å². The van der Waals surface area contributed by atoms with E-state index in [2.05, 4.69) is 5.32 Å². The summed E-state index contributed by atoms with van der Waals surface area (Å²) >= 11 is 0. The van der Waals surface area contributed by atoms with Gasteiger partial charge in [0.1, 0.15) is 6.10 Å². The third-order valence-electron chi connectivity index (χ3n) is 2.88. The van der Waals surface area contributed by atoms with Crippen LogP contribution in [0.25, 0.3) is 0 Å². The maximum absolute atomic E-state index is 11.1. The minimum Gasteiger partial charge on any atom is -0.442 e. The molecule has 0 spiro atoms. The molecule has 1 aliphatic rings. The van der Waals surface area contributed by atoms with Gasteiger partial charge in [-0.3, -0.25) is 0 Å². The Labute approximate surface area is 106 Å². The van der Waals surface area contributed by atoms with Crippen molar-refractivity contribution < 1.29 is 14.3 Å². The summed E-state index contributed by atoms with van der Waals surface area (Å²) in [5.41, 5.74) is 6.59. The van der Waals surface area contributed by atoms with Gasteiger partial charge in [-0.1, -0.05) is 30.3 Å². The van der Waals surface area contributed by atoms with Gasteiger partial charge in [-0.25, -0.2) is 4.79 Å². The summed E-state index contributed by atoms with van der Waals surface area (Å²) in [6.45, 7) is 1.42. The van der Waals surface area contributed by atoms with Crippen LogP contribution < -0.4 is 11.1 Å². The average Bonchev–Trinajstić information content (AvgIpc) is 2.72. The second-order valence-electron chi connectivity index (χ2n) is 4.27. The number of nitrogens with two attached hydrogens (primary N) is 1. The van der Waals surface area contributed by atoms with E-state index in [9.17, 15) is 4.79 Å². The van der Waals surface area contributed by atoms with E-state index in [4.69, 9.17) is 15.2 Å². The van der Waals surface area contributed by atoms with Gasteiger partial charge in [-0.2, -0.15) is 0 Å². The monoisotopic (exact) mass is 250 g/mol. The first-order chi connectivity index (χ1) is 8.79. The van der Waals surface area contributed by atoms with Gasteiger partial charge in [0.25, 0.3) is 0 Å². The fourth-order valence-corrected chi connectivity index (χ4v) is 1.95. The number of hydrogen-bond acceptors (Lipinski definition) is 4. The Morgan fingerprint density at radius 1 is 1.33 bits per heavy atom. The number of nitrogens with one attached hydrogen (secondary N) is 1. The maximum atomic E-state index is 11.1. The number of ether oxygens (including phenoxy) is 2. The highest BCUT2D eigenvalue weighted by Crippen LogP contribution is 2.13. The molecule has 18 heavy (non-hydrogen) atoms. The fraction of sp³-hybridized carbons (Fsp3) is 0.462. The molecule has 1 amide bonds. The molecule has 0 aromatic heterocycles. The lowest BCUT2D eigenvalue weighted by Crippen LogP contribution is -2.36. The van der Waals surface area contributed by atoms with Crippen LogP contribution in [-0.4, -0.2) is 31.4 Å². The van der Waals surface area contributed by atoms with E-state index in [1.807, 2.05) is 30.3 Å². The van der Waals surface area contributed by atoms with Crippen LogP contribution in [0.5, 0.6) is 0 Å². The van der Waals surface area contributed by atoms with Gasteiger partial charge >= 0.3 is 6.09 Å². The molecule has 1 aliphatic heterocycles. The molecule has 0 radical (unpaired) electrons. The number of alkyl carbamates (subject to hydrolysis) is 1. The van der Waals surface area contributed by atoms with Crippen LogP contribution in [0.3, 0.4) is 0 Å². The predicted molar refractivity (Wildman–Crippen MR) is 67.0 cm³/mol. The maximum Gasteiger partial charge on any atom is 0.407 e. The summed E-state index contributed by atoms with van der Waals surface area (Å²) in [5, 5.41) is 2.73. The molecule has 3 N–H and O–H groups in total. The average molecular weight is 250 g/mol.